The molecule has 5 heteroatoms. The fourth-order valence-electron chi connectivity index (χ4n) is 0.930. The second-order valence-electron chi connectivity index (χ2n) is 2.43. The van der Waals surface area contributed by atoms with Crippen molar-refractivity contribution in [3.63, 3.8) is 0 Å². The Kier molecular flexibility index (Phi) is 3.69. The first-order valence-corrected chi connectivity index (χ1v) is 6.38. The number of hydrogen-bond donors (Lipinski definition) is 1. The number of benzene rings is 1. The molecule has 0 aliphatic heterocycles. The first-order valence-electron chi connectivity index (χ1n) is 3.82. The summed E-state index contributed by atoms with van der Waals surface area (Å²) < 4.78 is 26.3. The fraction of sp³-hybridized carbons (Fsp3) is 0.250. The number of nitrogens with one attached hydrogen (secondary N) is 1. The van der Waals surface area contributed by atoms with Crippen LogP contribution in [0.1, 0.15) is 6.92 Å². The summed E-state index contributed by atoms with van der Waals surface area (Å²) in [6.07, 6.45) is 0. The van der Waals surface area contributed by atoms with E-state index < -0.39 is 10.0 Å². The second kappa shape index (κ2) is 4.39. The van der Waals surface area contributed by atoms with Crippen molar-refractivity contribution in [2.45, 2.75) is 11.8 Å². The van der Waals surface area contributed by atoms with Gasteiger partial charge in [0.2, 0.25) is 10.0 Å². The van der Waals surface area contributed by atoms with E-state index in [1.165, 1.54) is 0 Å². The van der Waals surface area contributed by atoms with Gasteiger partial charge >= 0.3 is 0 Å². The molecule has 13 heavy (non-hydrogen) atoms. The van der Waals surface area contributed by atoms with Crippen LogP contribution in [0.3, 0.4) is 0 Å². The zero-order valence-electron chi connectivity index (χ0n) is 7.12. The number of hydrogen-bond acceptors (Lipinski definition) is 2. The Bertz CT molecular complexity index is 389. The van der Waals surface area contributed by atoms with Crippen molar-refractivity contribution in [1.29, 1.82) is 0 Å². The van der Waals surface area contributed by atoms with E-state index in [-0.39, 0.29) is 0 Å². The van der Waals surface area contributed by atoms with Gasteiger partial charge in [-0.25, -0.2) is 13.1 Å². The summed E-state index contributed by atoms with van der Waals surface area (Å²) in [5.74, 6) is 0. The van der Waals surface area contributed by atoms with Gasteiger partial charge in [0.1, 0.15) is 0 Å². The molecule has 0 spiro atoms. The molecule has 1 aromatic carbocycles. The molecule has 0 radical (unpaired) electrons. The van der Waals surface area contributed by atoms with E-state index in [0.29, 0.717) is 11.4 Å². The Labute approximate surface area is 91.7 Å². The maximum atomic E-state index is 11.5. The monoisotopic (exact) mass is 311 g/mol. The maximum Gasteiger partial charge on any atom is 0.241 e. The Morgan fingerprint density at radius 2 is 2.00 bits per heavy atom. The van der Waals surface area contributed by atoms with Crippen molar-refractivity contribution in [3.8, 4) is 0 Å². The summed E-state index contributed by atoms with van der Waals surface area (Å²) in [5.41, 5.74) is 0. The third-order valence-electron chi connectivity index (χ3n) is 1.46. The second-order valence-corrected chi connectivity index (χ2v) is 5.33. The molecular formula is C8H10INO2S. The number of halogens is 1. The van der Waals surface area contributed by atoms with Crippen molar-refractivity contribution in [3.05, 3.63) is 27.8 Å². The molecule has 0 heterocycles. The van der Waals surface area contributed by atoms with E-state index in [2.05, 4.69) is 4.72 Å². The summed E-state index contributed by atoms with van der Waals surface area (Å²) in [7, 11) is -3.30. The van der Waals surface area contributed by atoms with E-state index in [1.807, 2.05) is 28.7 Å². The molecule has 0 aliphatic rings. The lowest BCUT2D eigenvalue weighted by Crippen LogP contribution is -2.23. The molecule has 0 atom stereocenters. The molecule has 0 aromatic heterocycles. The molecule has 1 rings (SSSR count). The van der Waals surface area contributed by atoms with E-state index in [9.17, 15) is 8.42 Å². The predicted molar refractivity (Wildman–Crippen MR) is 60.0 cm³/mol. The van der Waals surface area contributed by atoms with Crippen molar-refractivity contribution in [2.24, 2.45) is 0 Å². The van der Waals surface area contributed by atoms with Crippen LogP contribution in [0.15, 0.2) is 29.2 Å². The van der Waals surface area contributed by atoms with Gasteiger partial charge < -0.3 is 0 Å². The highest BCUT2D eigenvalue weighted by atomic mass is 127. The standard InChI is InChI=1S/C8H10INO2S/c1-2-10-13(11,12)8-6-4-3-5-7(8)9/h3-6,10H,2H2,1H3. The molecule has 0 aliphatic carbocycles. The average Bonchev–Trinajstić information content (AvgIpc) is 2.04. The van der Waals surface area contributed by atoms with Crippen LogP contribution in [0.5, 0.6) is 0 Å². The van der Waals surface area contributed by atoms with Crippen LogP contribution in [0.4, 0.5) is 0 Å². The van der Waals surface area contributed by atoms with Gasteiger partial charge in [0, 0.05) is 10.1 Å². The van der Waals surface area contributed by atoms with Crippen LogP contribution < -0.4 is 4.72 Å². The third-order valence-corrected chi connectivity index (χ3v) is 4.37. The summed E-state index contributed by atoms with van der Waals surface area (Å²) >= 11 is 2.01. The van der Waals surface area contributed by atoms with Gasteiger partial charge in [0.25, 0.3) is 0 Å². The third kappa shape index (κ3) is 2.65. The smallest absolute Gasteiger partial charge is 0.211 e. The Hall–Kier alpha value is -0.140. The Morgan fingerprint density at radius 3 is 2.54 bits per heavy atom. The van der Waals surface area contributed by atoms with Gasteiger partial charge in [-0.05, 0) is 34.7 Å². The lowest BCUT2D eigenvalue weighted by molar-refractivity contribution is 0.583. The zero-order valence-corrected chi connectivity index (χ0v) is 10.1. The van der Waals surface area contributed by atoms with Gasteiger partial charge in [0.05, 0.1) is 4.90 Å². The maximum absolute atomic E-state index is 11.5. The van der Waals surface area contributed by atoms with Crippen molar-refractivity contribution in [2.75, 3.05) is 6.54 Å². The van der Waals surface area contributed by atoms with E-state index in [1.54, 1.807) is 25.1 Å². The minimum absolute atomic E-state index is 0.345. The summed E-state index contributed by atoms with van der Waals surface area (Å²) in [5, 5.41) is 0. The number of sulfonamides is 1. The SMILES string of the molecule is CCNS(=O)(=O)c1ccccc1I. The molecule has 0 saturated heterocycles. The van der Waals surface area contributed by atoms with Crippen molar-refractivity contribution >= 4 is 32.6 Å². The molecule has 72 valence electrons. The van der Waals surface area contributed by atoms with Gasteiger partial charge in [-0.1, -0.05) is 19.1 Å². The van der Waals surface area contributed by atoms with Crippen LogP contribution in [0.2, 0.25) is 0 Å². The first-order chi connectivity index (χ1) is 6.08. The molecule has 0 unspecified atom stereocenters. The highest BCUT2D eigenvalue weighted by Crippen LogP contribution is 2.16. The van der Waals surface area contributed by atoms with Gasteiger partial charge in [-0.3, -0.25) is 0 Å². The normalized spacial score (nSPS) is 11.5. The van der Waals surface area contributed by atoms with Crippen molar-refractivity contribution in [1.82, 2.24) is 4.72 Å². The lowest BCUT2D eigenvalue weighted by Gasteiger charge is -2.05. The quantitative estimate of drug-likeness (QED) is 0.862. The summed E-state index contributed by atoms with van der Waals surface area (Å²) in [4.78, 5) is 0.345. The van der Waals surface area contributed by atoms with E-state index >= 15 is 0 Å². The van der Waals surface area contributed by atoms with Crippen LogP contribution in [-0.2, 0) is 10.0 Å². The van der Waals surface area contributed by atoms with Crippen LogP contribution in [0.25, 0.3) is 0 Å². The highest BCUT2D eigenvalue weighted by molar-refractivity contribution is 14.1. The van der Waals surface area contributed by atoms with Gasteiger partial charge in [-0.15, -0.1) is 0 Å². The molecule has 1 aromatic rings. The molecular weight excluding hydrogens is 301 g/mol. The molecule has 0 bridgehead atoms. The molecule has 1 N–H and O–H groups in total. The van der Waals surface area contributed by atoms with Crippen molar-refractivity contribution < 1.29 is 8.42 Å². The topological polar surface area (TPSA) is 46.2 Å². The zero-order chi connectivity index (χ0) is 9.90. The molecule has 0 amide bonds. The highest BCUT2D eigenvalue weighted by Gasteiger charge is 2.14. The predicted octanol–water partition coefficient (Wildman–Crippen LogP) is 1.59. The van der Waals surface area contributed by atoms with Crippen LogP contribution in [-0.4, -0.2) is 15.0 Å². The Balaban J connectivity index is 3.15. The largest absolute Gasteiger partial charge is 0.241 e. The Morgan fingerprint density at radius 1 is 1.38 bits per heavy atom. The molecule has 3 nitrogen and oxygen atoms in total. The summed E-state index contributed by atoms with van der Waals surface area (Å²) in [6.45, 7) is 2.17. The van der Waals surface area contributed by atoms with E-state index in [4.69, 9.17) is 0 Å². The lowest BCUT2D eigenvalue weighted by atomic mass is 10.4. The van der Waals surface area contributed by atoms with Crippen LogP contribution >= 0.6 is 22.6 Å². The summed E-state index contributed by atoms with van der Waals surface area (Å²) in [6, 6.07) is 6.89. The molecule has 0 saturated carbocycles. The first kappa shape index (κ1) is 10.9. The van der Waals surface area contributed by atoms with Crippen LogP contribution in [0, 0.1) is 3.57 Å². The van der Waals surface area contributed by atoms with Gasteiger partial charge in [-0.2, -0.15) is 0 Å². The average molecular weight is 311 g/mol. The number of rotatable bonds is 3. The minimum Gasteiger partial charge on any atom is -0.211 e. The van der Waals surface area contributed by atoms with E-state index in [0.717, 1.165) is 3.57 Å². The fourth-order valence-corrected chi connectivity index (χ4v) is 3.31. The molecule has 0 fully saturated rings. The minimum atomic E-state index is -3.30. The van der Waals surface area contributed by atoms with Gasteiger partial charge in [0.15, 0.2) is 0 Å².